The van der Waals surface area contributed by atoms with Crippen molar-refractivity contribution in [3.05, 3.63) is 69.1 Å². The molecular formula is C23H24Cl2N4OS. The van der Waals surface area contributed by atoms with Gasteiger partial charge in [-0.3, -0.25) is 9.69 Å². The summed E-state index contributed by atoms with van der Waals surface area (Å²) in [6.45, 7) is 5.44. The third-order valence-electron chi connectivity index (χ3n) is 5.32. The monoisotopic (exact) mass is 474 g/mol. The Hall–Kier alpha value is -1.96. The van der Waals surface area contributed by atoms with Crippen LogP contribution in [-0.2, 0) is 17.8 Å². The van der Waals surface area contributed by atoms with Crippen LogP contribution >= 0.6 is 34.5 Å². The van der Waals surface area contributed by atoms with E-state index in [1.807, 2.05) is 5.38 Å². The van der Waals surface area contributed by atoms with Gasteiger partial charge >= 0.3 is 0 Å². The highest BCUT2D eigenvalue weighted by atomic mass is 35.5. The Morgan fingerprint density at radius 2 is 1.84 bits per heavy atom. The van der Waals surface area contributed by atoms with Gasteiger partial charge in [-0.15, -0.1) is 11.3 Å². The molecule has 0 saturated carbocycles. The van der Waals surface area contributed by atoms with Gasteiger partial charge in [-0.1, -0.05) is 53.5 Å². The van der Waals surface area contributed by atoms with E-state index in [0.717, 1.165) is 49.0 Å². The summed E-state index contributed by atoms with van der Waals surface area (Å²) in [6, 6.07) is 13.7. The largest absolute Gasteiger partial charge is 0.324 e. The van der Waals surface area contributed by atoms with E-state index in [-0.39, 0.29) is 12.3 Å². The summed E-state index contributed by atoms with van der Waals surface area (Å²) < 4.78 is 0. The molecule has 0 spiro atoms. The summed E-state index contributed by atoms with van der Waals surface area (Å²) in [6.07, 6.45) is 0.181. The molecule has 162 valence electrons. The molecule has 0 radical (unpaired) electrons. The summed E-state index contributed by atoms with van der Waals surface area (Å²) in [5.74, 6) is -0.177. The van der Waals surface area contributed by atoms with E-state index in [4.69, 9.17) is 23.2 Å². The second-order valence-electron chi connectivity index (χ2n) is 7.75. The van der Waals surface area contributed by atoms with Crippen LogP contribution in [0.25, 0.3) is 10.6 Å². The lowest BCUT2D eigenvalue weighted by Gasteiger charge is -2.32. The number of halogens is 2. The highest BCUT2D eigenvalue weighted by Crippen LogP contribution is 2.30. The summed E-state index contributed by atoms with van der Waals surface area (Å²) in [7, 11) is 2.17. The number of rotatable bonds is 6. The molecule has 1 saturated heterocycles. The fourth-order valence-corrected chi connectivity index (χ4v) is 4.67. The standard InChI is InChI=1S/C23H24Cl2N4OS/c1-28-9-11-29(12-10-28)14-16-5-7-17(8-6-16)23-26-18(15-31-23)13-21(30)27-20-4-2-3-19(24)22(20)25/h2-8,15H,9-14H2,1H3,(H,27,30). The lowest BCUT2D eigenvalue weighted by Crippen LogP contribution is -2.43. The Balaban J connectivity index is 1.35. The second kappa shape index (κ2) is 10.1. The Bertz CT molecular complexity index is 1050. The smallest absolute Gasteiger partial charge is 0.230 e. The summed E-state index contributed by atoms with van der Waals surface area (Å²) in [5.41, 5.74) is 3.61. The number of nitrogens with zero attached hydrogens (tertiary/aromatic N) is 3. The van der Waals surface area contributed by atoms with E-state index in [1.54, 1.807) is 29.5 Å². The van der Waals surface area contributed by atoms with Gasteiger partial charge in [0.15, 0.2) is 0 Å². The number of anilines is 1. The number of hydrogen-bond acceptors (Lipinski definition) is 5. The zero-order valence-electron chi connectivity index (χ0n) is 17.3. The molecular weight excluding hydrogens is 451 g/mol. The molecule has 4 rings (SSSR count). The minimum absolute atomic E-state index is 0.177. The number of benzene rings is 2. The maximum atomic E-state index is 12.4. The first-order valence-corrected chi connectivity index (χ1v) is 11.8. The molecule has 0 atom stereocenters. The van der Waals surface area contributed by atoms with Crippen molar-refractivity contribution in [3.8, 4) is 10.6 Å². The first-order valence-electron chi connectivity index (χ1n) is 10.2. The predicted molar refractivity (Wildman–Crippen MR) is 129 cm³/mol. The fraction of sp³-hybridized carbons (Fsp3) is 0.304. The quantitative estimate of drug-likeness (QED) is 0.543. The number of carbonyl (C=O) groups excluding carboxylic acids is 1. The first kappa shape index (κ1) is 22.2. The van der Waals surface area contributed by atoms with Crippen LogP contribution in [0.5, 0.6) is 0 Å². The molecule has 3 aromatic rings. The molecule has 1 amide bonds. The van der Waals surface area contributed by atoms with Crippen LogP contribution in [0.4, 0.5) is 5.69 Å². The van der Waals surface area contributed by atoms with Crippen LogP contribution < -0.4 is 5.32 Å². The van der Waals surface area contributed by atoms with Gasteiger partial charge in [-0.25, -0.2) is 4.98 Å². The Morgan fingerprint density at radius 3 is 2.58 bits per heavy atom. The molecule has 8 heteroatoms. The van der Waals surface area contributed by atoms with Crippen LogP contribution in [0.1, 0.15) is 11.3 Å². The molecule has 1 fully saturated rings. The highest BCUT2D eigenvalue weighted by molar-refractivity contribution is 7.13. The zero-order chi connectivity index (χ0) is 21.8. The number of piperazine rings is 1. The zero-order valence-corrected chi connectivity index (χ0v) is 19.6. The molecule has 2 heterocycles. The van der Waals surface area contributed by atoms with Gasteiger partial charge in [0.2, 0.25) is 5.91 Å². The number of carbonyl (C=O) groups is 1. The Kier molecular flexibility index (Phi) is 7.25. The highest BCUT2D eigenvalue weighted by Gasteiger charge is 2.15. The van der Waals surface area contributed by atoms with Crippen LogP contribution in [0.15, 0.2) is 47.8 Å². The number of thiazole rings is 1. The van der Waals surface area contributed by atoms with E-state index in [2.05, 4.69) is 51.4 Å². The Morgan fingerprint density at radius 1 is 1.10 bits per heavy atom. The molecule has 1 aliphatic heterocycles. The third-order valence-corrected chi connectivity index (χ3v) is 7.08. The normalized spacial score (nSPS) is 15.2. The van der Waals surface area contributed by atoms with E-state index in [1.165, 1.54) is 5.56 Å². The Labute approximate surface area is 196 Å². The molecule has 31 heavy (non-hydrogen) atoms. The predicted octanol–water partition coefficient (Wildman–Crippen LogP) is 5.05. The molecule has 1 aliphatic rings. The molecule has 0 bridgehead atoms. The summed E-state index contributed by atoms with van der Waals surface area (Å²) in [4.78, 5) is 21.9. The van der Waals surface area contributed by atoms with Gasteiger partial charge < -0.3 is 10.2 Å². The van der Waals surface area contributed by atoms with Gasteiger partial charge in [-0.2, -0.15) is 0 Å². The van der Waals surface area contributed by atoms with Crippen molar-refractivity contribution in [2.45, 2.75) is 13.0 Å². The van der Waals surface area contributed by atoms with Crippen molar-refractivity contribution in [3.63, 3.8) is 0 Å². The van der Waals surface area contributed by atoms with Gasteiger partial charge in [0.25, 0.3) is 0 Å². The van der Waals surface area contributed by atoms with Crippen LogP contribution in [0, 0.1) is 0 Å². The average molecular weight is 475 g/mol. The average Bonchev–Trinajstić information content (AvgIpc) is 3.22. The molecule has 1 aromatic heterocycles. The van der Waals surface area contributed by atoms with Gasteiger partial charge in [0.05, 0.1) is 27.8 Å². The van der Waals surface area contributed by atoms with E-state index >= 15 is 0 Å². The maximum Gasteiger partial charge on any atom is 0.230 e. The second-order valence-corrected chi connectivity index (χ2v) is 9.39. The van der Waals surface area contributed by atoms with Crippen LogP contribution in [0.3, 0.4) is 0 Å². The lowest BCUT2D eigenvalue weighted by molar-refractivity contribution is -0.115. The maximum absolute atomic E-state index is 12.4. The van der Waals surface area contributed by atoms with Crippen LogP contribution in [0.2, 0.25) is 10.0 Å². The number of amides is 1. The number of nitrogens with one attached hydrogen (secondary N) is 1. The van der Waals surface area contributed by atoms with Crippen molar-refractivity contribution < 1.29 is 4.79 Å². The number of hydrogen-bond donors (Lipinski definition) is 1. The van der Waals surface area contributed by atoms with E-state index < -0.39 is 0 Å². The van der Waals surface area contributed by atoms with Crippen molar-refractivity contribution in [2.24, 2.45) is 0 Å². The molecule has 0 aliphatic carbocycles. The molecule has 0 unspecified atom stereocenters. The van der Waals surface area contributed by atoms with Crippen LogP contribution in [-0.4, -0.2) is 53.9 Å². The topological polar surface area (TPSA) is 48.5 Å². The van der Waals surface area contributed by atoms with E-state index in [9.17, 15) is 4.79 Å². The minimum Gasteiger partial charge on any atom is -0.324 e. The fourth-order valence-electron chi connectivity index (χ4n) is 3.50. The van der Waals surface area contributed by atoms with Crippen molar-refractivity contribution >= 4 is 46.1 Å². The van der Waals surface area contributed by atoms with Gasteiger partial charge in [0.1, 0.15) is 5.01 Å². The number of likely N-dealkylation sites (N-methyl/N-ethyl adjacent to an activating group) is 1. The first-order chi connectivity index (χ1) is 15.0. The third kappa shape index (κ3) is 5.84. The molecule has 2 aromatic carbocycles. The van der Waals surface area contributed by atoms with Gasteiger partial charge in [-0.05, 0) is 24.7 Å². The van der Waals surface area contributed by atoms with Crippen molar-refractivity contribution in [2.75, 3.05) is 38.5 Å². The van der Waals surface area contributed by atoms with E-state index in [0.29, 0.717) is 15.7 Å². The number of aromatic nitrogens is 1. The minimum atomic E-state index is -0.177. The summed E-state index contributed by atoms with van der Waals surface area (Å²) >= 11 is 13.7. The van der Waals surface area contributed by atoms with Gasteiger partial charge in [0, 0.05) is 43.7 Å². The van der Waals surface area contributed by atoms with Crippen molar-refractivity contribution in [1.82, 2.24) is 14.8 Å². The molecule has 1 N–H and O–H groups in total. The summed E-state index contributed by atoms with van der Waals surface area (Å²) in [5, 5.41) is 6.38. The van der Waals surface area contributed by atoms with Crippen molar-refractivity contribution in [1.29, 1.82) is 0 Å². The lowest BCUT2D eigenvalue weighted by atomic mass is 10.1. The SMILES string of the molecule is CN1CCN(Cc2ccc(-c3nc(CC(=O)Nc4cccc(Cl)c4Cl)cs3)cc2)CC1. The molecule has 5 nitrogen and oxygen atoms in total.